The number of carbonyl (C=O) groups excluding carboxylic acids is 1. The smallest absolute Gasteiger partial charge is 0.251 e. The number of rotatable bonds is 8. The molecular formula is C14H22N2O4S. The Labute approximate surface area is 125 Å². The summed E-state index contributed by atoms with van der Waals surface area (Å²) in [6.07, 6.45) is 0.811. The monoisotopic (exact) mass is 314 g/mol. The molecule has 0 radical (unpaired) electrons. The third-order valence-electron chi connectivity index (χ3n) is 2.67. The molecule has 0 atom stereocenters. The highest BCUT2D eigenvalue weighted by Gasteiger charge is 2.21. The van der Waals surface area contributed by atoms with Crippen LogP contribution in [0.2, 0.25) is 0 Å². The van der Waals surface area contributed by atoms with Crippen LogP contribution in [0.15, 0.2) is 23.1 Å². The van der Waals surface area contributed by atoms with Crippen molar-refractivity contribution in [3.8, 4) is 5.75 Å². The van der Waals surface area contributed by atoms with Crippen molar-refractivity contribution in [1.82, 2.24) is 10.0 Å². The van der Waals surface area contributed by atoms with E-state index in [4.69, 9.17) is 4.74 Å². The van der Waals surface area contributed by atoms with Crippen LogP contribution >= 0.6 is 0 Å². The number of hydrogen-bond acceptors (Lipinski definition) is 4. The van der Waals surface area contributed by atoms with Crippen LogP contribution in [0.5, 0.6) is 5.75 Å². The van der Waals surface area contributed by atoms with E-state index in [2.05, 4.69) is 10.0 Å². The molecule has 2 N–H and O–H groups in total. The quantitative estimate of drug-likeness (QED) is 0.762. The summed E-state index contributed by atoms with van der Waals surface area (Å²) in [6, 6.07) is 4.41. The van der Waals surface area contributed by atoms with Crippen LogP contribution in [0.1, 0.15) is 37.6 Å². The Morgan fingerprint density at radius 3 is 2.52 bits per heavy atom. The standard InChI is InChI=1S/C14H22N2O4S/c1-4-9-15-14(17)11-7-8-12(20-6-3)13(10-11)21(18,19)16-5-2/h7-8,10,16H,4-6,9H2,1-3H3,(H,15,17). The topological polar surface area (TPSA) is 84.5 Å². The van der Waals surface area contributed by atoms with Gasteiger partial charge in [0.05, 0.1) is 6.61 Å². The van der Waals surface area contributed by atoms with Gasteiger partial charge in [0.1, 0.15) is 10.6 Å². The van der Waals surface area contributed by atoms with Crippen molar-refractivity contribution in [2.45, 2.75) is 32.1 Å². The number of amides is 1. The molecule has 0 heterocycles. The number of nitrogens with one attached hydrogen (secondary N) is 2. The maximum Gasteiger partial charge on any atom is 0.251 e. The Morgan fingerprint density at radius 2 is 1.95 bits per heavy atom. The third kappa shape index (κ3) is 4.71. The largest absolute Gasteiger partial charge is 0.492 e. The molecular weight excluding hydrogens is 292 g/mol. The first-order valence-electron chi connectivity index (χ1n) is 7.00. The number of ether oxygens (including phenoxy) is 1. The zero-order valence-corrected chi connectivity index (χ0v) is 13.4. The minimum Gasteiger partial charge on any atom is -0.492 e. The minimum absolute atomic E-state index is 0.0182. The van der Waals surface area contributed by atoms with Crippen LogP contribution in [0.25, 0.3) is 0 Å². The minimum atomic E-state index is -3.69. The molecule has 0 aliphatic carbocycles. The number of sulfonamides is 1. The predicted octanol–water partition coefficient (Wildman–Crippen LogP) is 1.52. The van der Waals surface area contributed by atoms with Gasteiger partial charge in [-0.2, -0.15) is 0 Å². The molecule has 0 unspecified atom stereocenters. The Kier molecular flexibility index (Phi) is 6.64. The molecule has 7 heteroatoms. The molecule has 0 saturated carbocycles. The third-order valence-corrected chi connectivity index (χ3v) is 4.23. The number of hydrogen-bond donors (Lipinski definition) is 2. The second-order valence-electron chi connectivity index (χ2n) is 4.35. The molecule has 0 bridgehead atoms. The number of carbonyl (C=O) groups is 1. The lowest BCUT2D eigenvalue weighted by Crippen LogP contribution is -2.26. The average Bonchev–Trinajstić information content (AvgIpc) is 2.45. The van der Waals surface area contributed by atoms with E-state index in [-0.39, 0.29) is 23.1 Å². The van der Waals surface area contributed by atoms with E-state index in [9.17, 15) is 13.2 Å². The van der Waals surface area contributed by atoms with Gasteiger partial charge in [0.2, 0.25) is 10.0 Å². The molecule has 0 aliphatic rings. The fourth-order valence-corrected chi connectivity index (χ4v) is 2.95. The average molecular weight is 314 g/mol. The van der Waals surface area contributed by atoms with Crippen molar-refractivity contribution in [2.24, 2.45) is 0 Å². The molecule has 0 aromatic heterocycles. The molecule has 0 aliphatic heterocycles. The number of benzene rings is 1. The van der Waals surface area contributed by atoms with E-state index in [1.54, 1.807) is 19.9 Å². The first kappa shape index (κ1) is 17.5. The lowest BCUT2D eigenvalue weighted by atomic mass is 10.2. The Hall–Kier alpha value is -1.60. The van der Waals surface area contributed by atoms with Crippen molar-refractivity contribution in [3.05, 3.63) is 23.8 Å². The van der Waals surface area contributed by atoms with Crippen molar-refractivity contribution in [3.63, 3.8) is 0 Å². The molecule has 1 aromatic rings. The van der Waals surface area contributed by atoms with Crippen molar-refractivity contribution in [2.75, 3.05) is 19.7 Å². The zero-order chi connectivity index (χ0) is 15.9. The predicted molar refractivity (Wildman–Crippen MR) is 81.1 cm³/mol. The molecule has 0 spiro atoms. The normalized spacial score (nSPS) is 11.2. The highest BCUT2D eigenvalue weighted by molar-refractivity contribution is 7.89. The highest BCUT2D eigenvalue weighted by atomic mass is 32.2. The van der Waals surface area contributed by atoms with Gasteiger partial charge in [-0.05, 0) is 31.5 Å². The van der Waals surface area contributed by atoms with Gasteiger partial charge in [0.25, 0.3) is 5.91 Å². The SMILES string of the molecule is CCCNC(=O)c1ccc(OCC)c(S(=O)(=O)NCC)c1. The Morgan fingerprint density at radius 1 is 1.24 bits per heavy atom. The van der Waals surface area contributed by atoms with E-state index in [1.165, 1.54) is 12.1 Å². The van der Waals surface area contributed by atoms with Crippen LogP contribution < -0.4 is 14.8 Å². The molecule has 0 fully saturated rings. The summed E-state index contributed by atoms with van der Waals surface area (Å²) in [5.74, 6) is -0.0571. The van der Waals surface area contributed by atoms with Gasteiger partial charge in [-0.15, -0.1) is 0 Å². The van der Waals surface area contributed by atoms with Crippen molar-refractivity contribution < 1.29 is 17.9 Å². The van der Waals surface area contributed by atoms with Gasteiger partial charge in [-0.1, -0.05) is 13.8 Å². The lowest BCUT2D eigenvalue weighted by Gasteiger charge is -2.13. The van der Waals surface area contributed by atoms with Gasteiger partial charge in [0.15, 0.2) is 0 Å². The van der Waals surface area contributed by atoms with E-state index >= 15 is 0 Å². The van der Waals surface area contributed by atoms with Crippen LogP contribution in [0.3, 0.4) is 0 Å². The van der Waals surface area contributed by atoms with Crippen LogP contribution in [0.4, 0.5) is 0 Å². The summed E-state index contributed by atoms with van der Waals surface area (Å²) in [5.41, 5.74) is 0.295. The Balaban J connectivity index is 3.21. The van der Waals surface area contributed by atoms with E-state index in [0.717, 1.165) is 6.42 Å². The van der Waals surface area contributed by atoms with Crippen LogP contribution in [0, 0.1) is 0 Å². The maximum atomic E-state index is 12.2. The van der Waals surface area contributed by atoms with E-state index in [1.807, 2.05) is 6.92 Å². The van der Waals surface area contributed by atoms with Gasteiger partial charge in [0, 0.05) is 18.7 Å². The fourth-order valence-electron chi connectivity index (χ4n) is 1.74. The summed E-state index contributed by atoms with van der Waals surface area (Å²) in [6.45, 7) is 6.55. The van der Waals surface area contributed by atoms with Gasteiger partial charge in [-0.25, -0.2) is 13.1 Å². The molecule has 1 aromatic carbocycles. The first-order valence-corrected chi connectivity index (χ1v) is 8.49. The lowest BCUT2D eigenvalue weighted by molar-refractivity contribution is 0.0953. The molecule has 1 amide bonds. The van der Waals surface area contributed by atoms with Crippen molar-refractivity contribution in [1.29, 1.82) is 0 Å². The first-order chi connectivity index (χ1) is 9.96. The summed E-state index contributed by atoms with van der Waals surface area (Å²) < 4.78 is 32.1. The summed E-state index contributed by atoms with van der Waals surface area (Å²) in [7, 11) is -3.69. The second kappa shape index (κ2) is 7.99. The fraction of sp³-hybridized carbons (Fsp3) is 0.500. The van der Waals surface area contributed by atoms with Gasteiger partial charge < -0.3 is 10.1 Å². The molecule has 21 heavy (non-hydrogen) atoms. The maximum absolute atomic E-state index is 12.2. The van der Waals surface area contributed by atoms with E-state index < -0.39 is 10.0 Å². The molecule has 6 nitrogen and oxygen atoms in total. The molecule has 118 valence electrons. The Bertz CT molecular complexity index is 585. The second-order valence-corrected chi connectivity index (χ2v) is 6.09. The van der Waals surface area contributed by atoms with Gasteiger partial charge >= 0.3 is 0 Å². The molecule has 0 saturated heterocycles. The van der Waals surface area contributed by atoms with Crippen LogP contribution in [-0.2, 0) is 10.0 Å². The van der Waals surface area contributed by atoms with E-state index in [0.29, 0.717) is 18.7 Å². The summed E-state index contributed by atoms with van der Waals surface area (Å²) >= 11 is 0. The van der Waals surface area contributed by atoms with Crippen molar-refractivity contribution >= 4 is 15.9 Å². The summed E-state index contributed by atoms with van der Waals surface area (Å²) in [5, 5.41) is 2.72. The van der Waals surface area contributed by atoms with Gasteiger partial charge in [-0.3, -0.25) is 4.79 Å². The van der Waals surface area contributed by atoms with Crippen LogP contribution in [-0.4, -0.2) is 34.0 Å². The molecule has 1 rings (SSSR count). The highest BCUT2D eigenvalue weighted by Crippen LogP contribution is 2.25. The zero-order valence-electron chi connectivity index (χ0n) is 12.6. The summed E-state index contributed by atoms with van der Waals surface area (Å²) in [4.78, 5) is 11.9.